The number of carbonyl (C=O) groups is 2. The summed E-state index contributed by atoms with van der Waals surface area (Å²) < 4.78 is 0. The summed E-state index contributed by atoms with van der Waals surface area (Å²) in [7, 11) is 3.44. The van der Waals surface area contributed by atoms with E-state index in [1.54, 1.807) is 23.9 Å². The van der Waals surface area contributed by atoms with Crippen molar-refractivity contribution in [2.24, 2.45) is 0 Å². The van der Waals surface area contributed by atoms with Crippen LogP contribution in [-0.4, -0.2) is 53.6 Å². The highest BCUT2D eigenvalue weighted by Crippen LogP contribution is 2.19. The lowest BCUT2D eigenvalue weighted by molar-refractivity contribution is -0.140. The fraction of sp³-hybridized carbons (Fsp3) is 0.778. The van der Waals surface area contributed by atoms with Crippen LogP contribution in [0.2, 0.25) is 0 Å². The van der Waals surface area contributed by atoms with Gasteiger partial charge in [-0.3, -0.25) is 9.59 Å². The zero-order valence-electron chi connectivity index (χ0n) is 8.49. The number of likely N-dealkylation sites (tertiary alicyclic amines) is 1. The predicted octanol–water partition coefficient (Wildman–Crippen LogP) is 0.460. The lowest BCUT2D eigenvalue weighted by atomic mass is 10.2. The normalized spacial score (nSPS) is 21.1. The first-order valence-corrected chi connectivity index (χ1v) is 5.76. The van der Waals surface area contributed by atoms with Crippen molar-refractivity contribution in [3.8, 4) is 0 Å². The van der Waals surface area contributed by atoms with Crippen LogP contribution in [0.5, 0.6) is 0 Å². The Morgan fingerprint density at radius 3 is 2.64 bits per heavy atom. The van der Waals surface area contributed by atoms with Crippen molar-refractivity contribution in [2.45, 2.75) is 18.9 Å². The monoisotopic (exact) mass is 262 g/mol. The first-order chi connectivity index (χ1) is 6.57. The molecule has 80 valence electrons. The van der Waals surface area contributed by atoms with E-state index in [0.717, 1.165) is 12.8 Å². The van der Waals surface area contributed by atoms with Crippen molar-refractivity contribution in [1.82, 2.24) is 9.80 Å². The van der Waals surface area contributed by atoms with Crippen molar-refractivity contribution in [3.05, 3.63) is 0 Å². The third-order valence-corrected chi connectivity index (χ3v) is 2.89. The second-order valence-electron chi connectivity index (χ2n) is 3.61. The third kappa shape index (κ3) is 2.26. The average Bonchev–Trinajstić information content (AvgIpc) is 2.63. The van der Waals surface area contributed by atoms with Crippen LogP contribution in [0.25, 0.3) is 0 Å². The highest BCUT2D eigenvalue weighted by Gasteiger charge is 2.34. The van der Waals surface area contributed by atoms with Crippen molar-refractivity contribution >= 4 is 27.7 Å². The molecular formula is C9H15BrN2O2. The minimum Gasteiger partial charge on any atom is -0.347 e. The molecule has 1 heterocycles. The van der Waals surface area contributed by atoms with Crippen LogP contribution in [0.1, 0.15) is 12.8 Å². The van der Waals surface area contributed by atoms with E-state index in [-0.39, 0.29) is 17.9 Å². The van der Waals surface area contributed by atoms with E-state index in [1.807, 2.05) is 0 Å². The van der Waals surface area contributed by atoms with Gasteiger partial charge in [0.2, 0.25) is 11.8 Å². The molecule has 0 aliphatic carbocycles. The van der Waals surface area contributed by atoms with E-state index in [0.29, 0.717) is 11.9 Å². The fourth-order valence-electron chi connectivity index (χ4n) is 1.70. The van der Waals surface area contributed by atoms with Gasteiger partial charge in [-0.15, -0.1) is 0 Å². The highest BCUT2D eigenvalue weighted by molar-refractivity contribution is 9.09. The quantitative estimate of drug-likeness (QED) is 0.679. The van der Waals surface area contributed by atoms with E-state index in [2.05, 4.69) is 15.9 Å². The molecule has 0 aromatic rings. The number of rotatable bonds is 2. The van der Waals surface area contributed by atoms with Crippen LogP contribution in [0.3, 0.4) is 0 Å². The van der Waals surface area contributed by atoms with Crippen LogP contribution in [0.4, 0.5) is 0 Å². The molecule has 1 fully saturated rings. The Kier molecular flexibility index (Phi) is 3.92. The van der Waals surface area contributed by atoms with Crippen LogP contribution < -0.4 is 0 Å². The number of carbonyl (C=O) groups excluding carboxylic acids is 2. The maximum Gasteiger partial charge on any atom is 0.244 e. The van der Waals surface area contributed by atoms with E-state index < -0.39 is 0 Å². The summed E-state index contributed by atoms with van der Waals surface area (Å²) in [5, 5.41) is 0.296. The largest absolute Gasteiger partial charge is 0.347 e. The molecule has 2 amide bonds. The fourth-order valence-corrected chi connectivity index (χ4v) is 2.02. The summed E-state index contributed by atoms with van der Waals surface area (Å²) in [5.74, 6) is 0.0273. The smallest absolute Gasteiger partial charge is 0.244 e. The molecule has 1 unspecified atom stereocenters. The van der Waals surface area contributed by atoms with Crippen LogP contribution in [0, 0.1) is 0 Å². The lowest BCUT2D eigenvalue weighted by Crippen LogP contribution is -2.45. The van der Waals surface area contributed by atoms with Gasteiger partial charge < -0.3 is 9.80 Å². The van der Waals surface area contributed by atoms with Gasteiger partial charge in [0.15, 0.2) is 0 Å². The molecule has 14 heavy (non-hydrogen) atoms. The molecule has 1 aliphatic heterocycles. The topological polar surface area (TPSA) is 40.6 Å². The van der Waals surface area contributed by atoms with E-state index in [4.69, 9.17) is 0 Å². The standard InChI is InChI=1S/C9H15BrN2O2/c1-11(2)9(14)7-4-3-5-12(7)8(13)6-10/h7H,3-6H2,1-2H3. The molecule has 1 saturated heterocycles. The predicted molar refractivity (Wildman–Crippen MR) is 57.2 cm³/mol. The van der Waals surface area contributed by atoms with Gasteiger partial charge in [0.05, 0.1) is 5.33 Å². The molecule has 0 N–H and O–H groups in total. The summed E-state index contributed by atoms with van der Waals surface area (Å²) in [5.41, 5.74) is 0. The lowest BCUT2D eigenvalue weighted by Gasteiger charge is -2.25. The molecule has 0 saturated carbocycles. The van der Waals surface area contributed by atoms with Gasteiger partial charge in [0.1, 0.15) is 6.04 Å². The van der Waals surface area contributed by atoms with E-state index in [1.165, 1.54) is 0 Å². The molecule has 1 atom stereocenters. The maximum atomic E-state index is 11.7. The second kappa shape index (κ2) is 4.77. The van der Waals surface area contributed by atoms with Gasteiger partial charge in [-0.25, -0.2) is 0 Å². The first kappa shape index (κ1) is 11.5. The highest BCUT2D eigenvalue weighted by atomic mass is 79.9. The van der Waals surface area contributed by atoms with Gasteiger partial charge in [-0.1, -0.05) is 15.9 Å². The van der Waals surface area contributed by atoms with Gasteiger partial charge >= 0.3 is 0 Å². The number of amides is 2. The molecule has 1 aliphatic rings. The second-order valence-corrected chi connectivity index (χ2v) is 4.17. The molecule has 1 rings (SSSR count). The Bertz CT molecular complexity index is 243. The Morgan fingerprint density at radius 2 is 2.14 bits per heavy atom. The average molecular weight is 263 g/mol. The van der Waals surface area contributed by atoms with Crippen LogP contribution in [0.15, 0.2) is 0 Å². The molecule has 0 spiro atoms. The van der Waals surface area contributed by atoms with Crippen molar-refractivity contribution in [2.75, 3.05) is 26.0 Å². The van der Waals surface area contributed by atoms with Crippen molar-refractivity contribution in [1.29, 1.82) is 0 Å². The third-order valence-electron chi connectivity index (χ3n) is 2.41. The number of alkyl halides is 1. The minimum absolute atomic E-state index is 0.00250. The Labute approximate surface area is 92.4 Å². The number of nitrogens with zero attached hydrogens (tertiary/aromatic N) is 2. The van der Waals surface area contributed by atoms with Gasteiger partial charge in [-0.2, -0.15) is 0 Å². The van der Waals surface area contributed by atoms with Crippen LogP contribution in [-0.2, 0) is 9.59 Å². The van der Waals surface area contributed by atoms with Crippen molar-refractivity contribution in [3.63, 3.8) is 0 Å². The van der Waals surface area contributed by atoms with Gasteiger partial charge in [-0.05, 0) is 12.8 Å². The van der Waals surface area contributed by atoms with Gasteiger partial charge in [0, 0.05) is 20.6 Å². The number of hydrogen-bond acceptors (Lipinski definition) is 2. The summed E-state index contributed by atoms with van der Waals surface area (Å²) in [6.07, 6.45) is 1.71. The Hall–Kier alpha value is -0.580. The molecule has 0 bridgehead atoms. The summed E-state index contributed by atoms with van der Waals surface area (Å²) in [6.45, 7) is 0.703. The zero-order chi connectivity index (χ0) is 10.7. The van der Waals surface area contributed by atoms with Crippen molar-refractivity contribution < 1.29 is 9.59 Å². The van der Waals surface area contributed by atoms with Gasteiger partial charge in [0.25, 0.3) is 0 Å². The first-order valence-electron chi connectivity index (χ1n) is 4.64. The number of halogens is 1. The number of hydrogen-bond donors (Lipinski definition) is 0. The SMILES string of the molecule is CN(C)C(=O)C1CCCN1C(=O)CBr. The zero-order valence-corrected chi connectivity index (χ0v) is 10.1. The molecule has 4 nitrogen and oxygen atoms in total. The summed E-state index contributed by atoms with van der Waals surface area (Å²) in [4.78, 5) is 26.4. The molecule has 0 radical (unpaired) electrons. The number of likely N-dealkylation sites (N-methyl/N-ethyl adjacent to an activating group) is 1. The summed E-state index contributed by atoms with van der Waals surface area (Å²) >= 11 is 3.12. The molecular weight excluding hydrogens is 248 g/mol. The van der Waals surface area contributed by atoms with Crippen LogP contribution >= 0.6 is 15.9 Å². The maximum absolute atomic E-state index is 11.7. The molecule has 0 aromatic carbocycles. The Morgan fingerprint density at radius 1 is 1.50 bits per heavy atom. The minimum atomic E-state index is -0.241. The summed E-state index contributed by atoms with van der Waals surface area (Å²) in [6, 6.07) is -0.241. The molecule has 0 aromatic heterocycles. The van der Waals surface area contributed by atoms with E-state index in [9.17, 15) is 9.59 Å². The molecule has 5 heteroatoms. The van der Waals surface area contributed by atoms with E-state index >= 15 is 0 Å². The Balaban J connectivity index is 2.68.